The quantitative estimate of drug-likeness (QED) is 0.729. The Morgan fingerprint density at radius 1 is 1.05 bits per heavy atom. The Balaban J connectivity index is 2.79. The van der Waals surface area contributed by atoms with Gasteiger partial charge in [0, 0.05) is 0 Å². The van der Waals surface area contributed by atoms with Crippen molar-refractivity contribution in [1.29, 1.82) is 0 Å². The van der Waals surface area contributed by atoms with Gasteiger partial charge in [0.25, 0.3) is 0 Å². The highest BCUT2D eigenvalue weighted by Gasteiger charge is 2.17. The van der Waals surface area contributed by atoms with Gasteiger partial charge in [0.05, 0.1) is 18.8 Å². The minimum atomic E-state index is -0.668. The second kappa shape index (κ2) is 9.16. The Morgan fingerprint density at radius 3 is 2.27 bits per heavy atom. The van der Waals surface area contributed by atoms with Gasteiger partial charge < -0.3 is 14.9 Å². The van der Waals surface area contributed by atoms with Crippen molar-refractivity contribution >= 4 is 0 Å². The van der Waals surface area contributed by atoms with Crippen LogP contribution < -0.4 is 4.74 Å². The van der Waals surface area contributed by atoms with Gasteiger partial charge in [0.15, 0.2) is 0 Å². The normalized spacial score (nSPS) is 14.2. The standard InChI is InChI=1S/C19H32O3/c1-6-7-17(20)18(21)9-8-16-11-14(4)10-15(5)19(16)22-12-13(2)3/h10-11,13,17-18,20-21H,6-9,12H2,1-5H3. The molecule has 126 valence electrons. The lowest BCUT2D eigenvalue weighted by Crippen LogP contribution is -2.26. The number of ether oxygens (including phenoxy) is 1. The number of benzene rings is 1. The molecule has 0 radical (unpaired) electrons. The molecule has 0 aliphatic heterocycles. The fourth-order valence-corrected chi connectivity index (χ4v) is 2.67. The Bertz CT molecular complexity index is 454. The molecule has 1 rings (SSSR count). The second-order valence-corrected chi connectivity index (χ2v) is 6.74. The van der Waals surface area contributed by atoms with Gasteiger partial charge in [-0.1, -0.05) is 44.9 Å². The lowest BCUT2D eigenvalue weighted by atomic mass is 9.97. The van der Waals surface area contributed by atoms with Crippen molar-refractivity contribution in [2.75, 3.05) is 6.61 Å². The molecule has 3 nitrogen and oxygen atoms in total. The monoisotopic (exact) mass is 308 g/mol. The molecule has 0 spiro atoms. The van der Waals surface area contributed by atoms with Gasteiger partial charge in [-0.15, -0.1) is 0 Å². The number of hydrogen-bond acceptors (Lipinski definition) is 3. The van der Waals surface area contributed by atoms with Crippen molar-refractivity contribution < 1.29 is 14.9 Å². The molecule has 0 aromatic heterocycles. The van der Waals surface area contributed by atoms with Crippen LogP contribution in [0, 0.1) is 19.8 Å². The summed E-state index contributed by atoms with van der Waals surface area (Å²) >= 11 is 0. The van der Waals surface area contributed by atoms with Gasteiger partial charge in [0.2, 0.25) is 0 Å². The van der Waals surface area contributed by atoms with E-state index in [1.54, 1.807) is 0 Å². The van der Waals surface area contributed by atoms with E-state index in [1.807, 2.05) is 6.92 Å². The fraction of sp³-hybridized carbons (Fsp3) is 0.684. The van der Waals surface area contributed by atoms with Crippen LogP contribution in [0.4, 0.5) is 0 Å². The summed E-state index contributed by atoms with van der Waals surface area (Å²) < 4.78 is 5.98. The molecule has 0 saturated carbocycles. The first-order chi connectivity index (χ1) is 10.3. The highest BCUT2D eigenvalue weighted by molar-refractivity contribution is 5.44. The van der Waals surface area contributed by atoms with E-state index in [0.29, 0.717) is 25.4 Å². The number of rotatable bonds is 9. The molecule has 1 aromatic carbocycles. The number of aliphatic hydroxyl groups is 2. The van der Waals surface area contributed by atoms with Gasteiger partial charge in [-0.05, 0) is 50.2 Å². The topological polar surface area (TPSA) is 49.7 Å². The van der Waals surface area contributed by atoms with Crippen LogP contribution in [0.15, 0.2) is 12.1 Å². The summed E-state index contributed by atoms with van der Waals surface area (Å²) in [6.45, 7) is 11.1. The van der Waals surface area contributed by atoms with E-state index in [2.05, 4.69) is 39.8 Å². The molecule has 2 atom stereocenters. The van der Waals surface area contributed by atoms with E-state index in [4.69, 9.17) is 4.74 Å². The Labute approximate surface area is 135 Å². The molecule has 1 aromatic rings. The zero-order valence-electron chi connectivity index (χ0n) is 14.7. The number of aryl methyl sites for hydroxylation is 3. The van der Waals surface area contributed by atoms with Gasteiger partial charge in [-0.25, -0.2) is 0 Å². The third kappa shape index (κ3) is 5.98. The maximum atomic E-state index is 10.1. The fourth-order valence-electron chi connectivity index (χ4n) is 2.67. The summed E-state index contributed by atoms with van der Waals surface area (Å²) in [5.74, 6) is 1.42. The summed E-state index contributed by atoms with van der Waals surface area (Å²) in [6.07, 6.45) is 1.50. The van der Waals surface area contributed by atoms with Crippen LogP contribution >= 0.6 is 0 Å². The van der Waals surface area contributed by atoms with Gasteiger partial charge in [-0.3, -0.25) is 0 Å². The number of hydrogen-bond donors (Lipinski definition) is 2. The van der Waals surface area contributed by atoms with Crippen molar-refractivity contribution in [3.63, 3.8) is 0 Å². The van der Waals surface area contributed by atoms with Crippen molar-refractivity contribution in [2.45, 2.75) is 72.5 Å². The molecule has 0 amide bonds. The van der Waals surface area contributed by atoms with Crippen molar-refractivity contribution in [1.82, 2.24) is 0 Å². The molecule has 2 N–H and O–H groups in total. The van der Waals surface area contributed by atoms with Crippen molar-refractivity contribution in [3.05, 3.63) is 28.8 Å². The van der Waals surface area contributed by atoms with Gasteiger partial charge >= 0.3 is 0 Å². The molecule has 2 unspecified atom stereocenters. The van der Waals surface area contributed by atoms with Crippen molar-refractivity contribution in [3.8, 4) is 5.75 Å². The molecule has 0 aliphatic carbocycles. The van der Waals surface area contributed by atoms with Crippen molar-refractivity contribution in [2.24, 2.45) is 5.92 Å². The van der Waals surface area contributed by atoms with Crippen LogP contribution in [0.25, 0.3) is 0 Å². The predicted octanol–water partition coefficient (Wildman–Crippen LogP) is 3.79. The van der Waals surface area contributed by atoms with E-state index >= 15 is 0 Å². The summed E-state index contributed by atoms with van der Waals surface area (Å²) in [7, 11) is 0. The molecule has 0 heterocycles. The van der Waals surface area contributed by atoms with Gasteiger partial charge in [-0.2, -0.15) is 0 Å². The lowest BCUT2D eigenvalue weighted by Gasteiger charge is -2.20. The third-order valence-electron chi connectivity index (χ3n) is 3.79. The van der Waals surface area contributed by atoms with E-state index in [9.17, 15) is 10.2 Å². The Hall–Kier alpha value is -1.06. The summed E-state index contributed by atoms with van der Waals surface area (Å²) in [5, 5.41) is 19.9. The van der Waals surface area contributed by atoms with E-state index in [1.165, 1.54) is 5.56 Å². The van der Waals surface area contributed by atoms with Crippen LogP contribution in [0.1, 0.15) is 56.7 Å². The lowest BCUT2D eigenvalue weighted by molar-refractivity contribution is 0.00971. The minimum absolute atomic E-state index is 0.477. The zero-order valence-corrected chi connectivity index (χ0v) is 14.7. The molecule has 3 heteroatoms. The van der Waals surface area contributed by atoms with Crippen LogP contribution in [0.2, 0.25) is 0 Å². The van der Waals surface area contributed by atoms with E-state index < -0.39 is 12.2 Å². The van der Waals surface area contributed by atoms with E-state index in [0.717, 1.165) is 29.7 Å². The summed E-state index contributed by atoms with van der Waals surface area (Å²) in [5.41, 5.74) is 3.47. The second-order valence-electron chi connectivity index (χ2n) is 6.74. The Morgan fingerprint density at radius 2 is 1.68 bits per heavy atom. The average Bonchev–Trinajstić information content (AvgIpc) is 2.43. The molecular weight excluding hydrogens is 276 g/mol. The predicted molar refractivity (Wildman–Crippen MR) is 91.5 cm³/mol. The minimum Gasteiger partial charge on any atom is -0.493 e. The summed E-state index contributed by atoms with van der Waals surface area (Å²) in [4.78, 5) is 0. The molecule has 22 heavy (non-hydrogen) atoms. The summed E-state index contributed by atoms with van der Waals surface area (Å²) in [6, 6.07) is 4.25. The molecule has 0 fully saturated rings. The molecule has 0 saturated heterocycles. The maximum absolute atomic E-state index is 10.1. The molecule has 0 aliphatic rings. The maximum Gasteiger partial charge on any atom is 0.125 e. The first-order valence-electron chi connectivity index (χ1n) is 8.44. The smallest absolute Gasteiger partial charge is 0.125 e. The largest absolute Gasteiger partial charge is 0.493 e. The molecule has 0 bridgehead atoms. The SMILES string of the molecule is CCCC(O)C(O)CCc1cc(C)cc(C)c1OCC(C)C. The number of aliphatic hydroxyl groups excluding tert-OH is 2. The zero-order chi connectivity index (χ0) is 16.7. The van der Waals surface area contributed by atoms with Crippen LogP contribution in [0.5, 0.6) is 5.75 Å². The average molecular weight is 308 g/mol. The molecular formula is C19H32O3. The first kappa shape index (κ1) is 19.0. The van der Waals surface area contributed by atoms with Crippen LogP contribution in [0.3, 0.4) is 0 Å². The first-order valence-corrected chi connectivity index (χ1v) is 8.44. The third-order valence-corrected chi connectivity index (χ3v) is 3.79. The Kier molecular flexibility index (Phi) is 7.91. The highest BCUT2D eigenvalue weighted by atomic mass is 16.5. The van der Waals surface area contributed by atoms with Gasteiger partial charge in [0.1, 0.15) is 5.75 Å². The van der Waals surface area contributed by atoms with Crippen LogP contribution in [-0.2, 0) is 6.42 Å². The highest BCUT2D eigenvalue weighted by Crippen LogP contribution is 2.28. The van der Waals surface area contributed by atoms with Crippen LogP contribution in [-0.4, -0.2) is 29.0 Å². The van der Waals surface area contributed by atoms with E-state index in [-0.39, 0.29) is 0 Å².